The molecule has 0 aliphatic heterocycles. The van der Waals surface area contributed by atoms with Gasteiger partial charge >= 0.3 is 6.03 Å². The van der Waals surface area contributed by atoms with Crippen LogP contribution in [0.5, 0.6) is 0 Å². The number of halogens is 1. The van der Waals surface area contributed by atoms with Gasteiger partial charge in [0.2, 0.25) is 0 Å². The third kappa shape index (κ3) is 3.81. The normalized spacial score (nSPS) is 10.0. The zero-order valence-corrected chi connectivity index (χ0v) is 10.6. The van der Waals surface area contributed by atoms with E-state index in [4.69, 9.17) is 0 Å². The molecule has 0 fully saturated rings. The smallest absolute Gasteiger partial charge is 0.321 e. The Hall–Kier alpha value is -2.36. The fourth-order valence-corrected chi connectivity index (χ4v) is 1.68. The number of nitrogens with one attached hydrogen (secondary N) is 1. The maximum absolute atomic E-state index is 12.8. The molecule has 3 nitrogen and oxygen atoms in total. The van der Waals surface area contributed by atoms with Gasteiger partial charge in [-0.15, -0.1) is 0 Å². The van der Waals surface area contributed by atoms with Crippen molar-refractivity contribution in [3.8, 4) is 0 Å². The van der Waals surface area contributed by atoms with Crippen LogP contribution in [0.1, 0.15) is 5.56 Å². The number of carbonyl (C=O) groups is 1. The summed E-state index contributed by atoms with van der Waals surface area (Å²) in [5, 5.41) is 2.79. The van der Waals surface area contributed by atoms with E-state index >= 15 is 0 Å². The first-order valence-corrected chi connectivity index (χ1v) is 5.97. The van der Waals surface area contributed by atoms with E-state index in [1.807, 2.05) is 30.3 Å². The molecular formula is C15H15FN2O. The number of nitrogens with zero attached hydrogens (tertiary/aromatic N) is 1. The Morgan fingerprint density at radius 1 is 1.11 bits per heavy atom. The van der Waals surface area contributed by atoms with Crippen molar-refractivity contribution >= 4 is 11.7 Å². The van der Waals surface area contributed by atoms with E-state index in [9.17, 15) is 9.18 Å². The highest BCUT2D eigenvalue weighted by atomic mass is 19.1. The van der Waals surface area contributed by atoms with Gasteiger partial charge in [-0.05, 0) is 29.8 Å². The largest absolute Gasteiger partial charge is 0.323 e. The molecule has 0 radical (unpaired) electrons. The van der Waals surface area contributed by atoms with Crippen molar-refractivity contribution in [2.45, 2.75) is 6.54 Å². The lowest BCUT2D eigenvalue weighted by molar-refractivity contribution is 0.220. The number of rotatable bonds is 3. The van der Waals surface area contributed by atoms with Gasteiger partial charge < -0.3 is 10.2 Å². The minimum atomic E-state index is -0.278. The second-order valence-electron chi connectivity index (χ2n) is 4.28. The molecule has 98 valence electrons. The van der Waals surface area contributed by atoms with Gasteiger partial charge in [0.05, 0.1) is 0 Å². The van der Waals surface area contributed by atoms with E-state index < -0.39 is 0 Å². The van der Waals surface area contributed by atoms with Crippen LogP contribution in [0.25, 0.3) is 0 Å². The molecule has 4 heteroatoms. The molecule has 0 unspecified atom stereocenters. The second-order valence-corrected chi connectivity index (χ2v) is 4.28. The molecule has 0 aliphatic rings. The molecule has 2 aromatic rings. The second kappa shape index (κ2) is 6.00. The molecule has 0 aromatic heterocycles. The van der Waals surface area contributed by atoms with Crippen LogP contribution in [0.3, 0.4) is 0 Å². The van der Waals surface area contributed by atoms with Crippen molar-refractivity contribution in [1.29, 1.82) is 0 Å². The Labute approximate surface area is 111 Å². The summed E-state index contributed by atoms with van der Waals surface area (Å²) >= 11 is 0. The lowest BCUT2D eigenvalue weighted by Gasteiger charge is -2.18. The SMILES string of the molecule is CN(Cc1ccc(F)cc1)C(=O)Nc1ccccc1. The molecule has 0 bridgehead atoms. The number of hydrogen-bond acceptors (Lipinski definition) is 1. The monoisotopic (exact) mass is 258 g/mol. The summed E-state index contributed by atoms with van der Waals surface area (Å²) in [5.41, 5.74) is 1.63. The van der Waals surface area contributed by atoms with Gasteiger partial charge in [-0.3, -0.25) is 0 Å². The fraction of sp³-hybridized carbons (Fsp3) is 0.133. The summed E-state index contributed by atoms with van der Waals surface area (Å²) in [4.78, 5) is 13.5. The third-order valence-electron chi connectivity index (χ3n) is 2.70. The number of benzene rings is 2. The number of anilines is 1. The van der Waals surface area contributed by atoms with Gasteiger partial charge in [-0.25, -0.2) is 9.18 Å². The molecule has 0 heterocycles. The fourth-order valence-electron chi connectivity index (χ4n) is 1.68. The predicted molar refractivity (Wildman–Crippen MR) is 73.3 cm³/mol. The minimum Gasteiger partial charge on any atom is -0.323 e. The van der Waals surface area contributed by atoms with Crippen molar-refractivity contribution in [1.82, 2.24) is 4.90 Å². The summed E-state index contributed by atoms with van der Waals surface area (Å²) in [5.74, 6) is -0.278. The van der Waals surface area contributed by atoms with Crippen LogP contribution in [-0.2, 0) is 6.54 Å². The molecule has 2 amide bonds. The van der Waals surface area contributed by atoms with E-state index in [0.717, 1.165) is 11.3 Å². The third-order valence-corrected chi connectivity index (χ3v) is 2.70. The highest BCUT2D eigenvalue weighted by Gasteiger charge is 2.09. The molecular weight excluding hydrogens is 243 g/mol. The maximum Gasteiger partial charge on any atom is 0.321 e. The number of para-hydroxylation sites is 1. The van der Waals surface area contributed by atoms with Gasteiger partial charge in [0, 0.05) is 19.3 Å². The van der Waals surface area contributed by atoms with Crippen LogP contribution in [0.15, 0.2) is 54.6 Å². The van der Waals surface area contributed by atoms with Crippen molar-refractivity contribution in [2.75, 3.05) is 12.4 Å². The van der Waals surface area contributed by atoms with Gasteiger partial charge in [0.25, 0.3) is 0 Å². The highest BCUT2D eigenvalue weighted by molar-refractivity contribution is 5.89. The van der Waals surface area contributed by atoms with Crippen LogP contribution in [-0.4, -0.2) is 18.0 Å². The maximum atomic E-state index is 12.8. The van der Waals surface area contributed by atoms with E-state index in [1.165, 1.54) is 12.1 Å². The molecule has 2 aromatic carbocycles. The van der Waals surface area contributed by atoms with Crippen molar-refractivity contribution in [2.24, 2.45) is 0 Å². The lowest BCUT2D eigenvalue weighted by Crippen LogP contribution is -2.30. The molecule has 0 saturated carbocycles. The van der Waals surface area contributed by atoms with Gasteiger partial charge in [0.15, 0.2) is 0 Å². The first-order valence-electron chi connectivity index (χ1n) is 5.97. The lowest BCUT2D eigenvalue weighted by atomic mass is 10.2. The zero-order valence-electron chi connectivity index (χ0n) is 10.6. The molecule has 19 heavy (non-hydrogen) atoms. The number of amides is 2. The molecule has 2 rings (SSSR count). The minimum absolute atomic E-state index is 0.199. The van der Waals surface area contributed by atoms with Crippen LogP contribution in [0, 0.1) is 5.82 Å². The summed E-state index contributed by atoms with van der Waals surface area (Å²) in [6, 6.07) is 15.2. The zero-order chi connectivity index (χ0) is 13.7. The Balaban J connectivity index is 1.94. The average Bonchev–Trinajstić information content (AvgIpc) is 2.42. The van der Waals surface area contributed by atoms with Crippen molar-refractivity contribution in [3.05, 3.63) is 66.0 Å². The van der Waals surface area contributed by atoms with Crippen molar-refractivity contribution in [3.63, 3.8) is 0 Å². The summed E-state index contributed by atoms with van der Waals surface area (Å²) in [6.45, 7) is 0.430. The molecule has 0 saturated heterocycles. The molecule has 0 spiro atoms. The van der Waals surface area contributed by atoms with Crippen LogP contribution < -0.4 is 5.32 Å². The van der Waals surface area contributed by atoms with Gasteiger partial charge in [-0.2, -0.15) is 0 Å². The van der Waals surface area contributed by atoms with Crippen LogP contribution >= 0.6 is 0 Å². The topological polar surface area (TPSA) is 32.3 Å². The van der Waals surface area contributed by atoms with Crippen LogP contribution in [0.4, 0.5) is 14.9 Å². The van der Waals surface area contributed by atoms with Crippen LogP contribution in [0.2, 0.25) is 0 Å². The summed E-state index contributed by atoms with van der Waals surface area (Å²) < 4.78 is 12.8. The molecule has 0 atom stereocenters. The van der Waals surface area contributed by atoms with Crippen molar-refractivity contribution < 1.29 is 9.18 Å². The quantitative estimate of drug-likeness (QED) is 0.898. The Bertz CT molecular complexity index is 540. The summed E-state index contributed by atoms with van der Waals surface area (Å²) in [6.07, 6.45) is 0. The van der Waals surface area contributed by atoms with E-state index in [1.54, 1.807) is 24.1 Å². The molecule has 0 aliphatic carbocycles. The van der Waals surface area contributed by atoms with E-state index in [0.29, 0.717) is 6.54 Å². The Morgan fingerprint density at radius 3 is 2.37 bits per heavy atom. The average molecular weight is 258 g/mol. The first kappa shape index (κ1) is 13.1. The first-order chi connectivity index (χ1) is 9.15. The van der Waals surface area contributed by atoms with Gasteiger partial charge in [-0.1, -0.05) is 30.3 Å². The number of hydrogen-bond donors (Lipinski definition) is 1. The predicted octanol–water partition coefficient (Wildman–Crippen LogP) is 3.49. The van der Waals surface area contributed by atoms with E-state index in [2.05, 4.69) is 5.32 Å². The standard InChI is InChI=1S/C15H15FN2O/c1-18(11-12-7-9-13(16)10-8-12)15(19)17-14-5-3-2-4-6-14/h2-10H,11H2,1H3,(H,17,19). The number of urea groups is 1. The van der Waals surface area contributed by atoms with E-state index in [-0.39, 0.29) is 11.8 Å². The van der Waals surface area contributed by atoms with Gasteiger partial charge in [0.1, 0.15) is 5.82 Å². The molecule has 1 N–H and O–H groups in total. The summed E-state index contributed by atoms with van der Waals surface area (Å²) in [7, 11) is 1.70. The Morgan fingerprint density at radius 2 is 1.74 bits per heavy atom. The number of carbonyl (C=O) groups excluding carboxylic acids is 1. The Kier molecular flexibility index (Phi) is 4.13. The highest BCUT2D eigenvalue weighted by Crippen LogP contribution is 2.09.